The molecule has 3 nitrogen and oxygen atoms in total. The maximum absolute atomic E-state index is 5.90. The van der Waals surface area contributed by atoms with Crippen molar-refractivity contribution in [2.45, 2.75) is 31.8 Å². The lowest BCUT2D eigenvalue weighted by Crippen LogP contribution is -2.25. The third kappa shape index (κ3) is 2.39. The minimum Gasteiger partial charge on any atom is -0.489 e. The van der Waals surface area contributed by atoms with E-state index in [1.54, 1.807) is 0 Å². The summed E-state index contributed by atoms with van der Waals surface area (Å²) in [5.41, 5.74) is 2.55. The summed E-state index contributed by atoms with van der Waals surface area (Å²) in [5.74, 6) is 0.981. The lowest BCUT2D eigenvalue weighted by molar-refractivity contribution is -0.0109. The van der Waals surface area contributed by atoms with Gasteiger partial charge >= 0.3 is 0 Å². The summed E-state index contributed by atoms with van der Waals surface area (Å²) in [6.45, 7) is 2.59. The first-order chi connectivity index (χ1) is 8.43. The highest BCUT2D eigenvalue weighted by Crippen LogP contribution is 2.32. The van der Waals surface area contributed by atoms with Gasteiger partial charge in [0.15, 0.2) is 0 Å². The van der Waals surface area contributed by atoms with Crippen molar-refractivity contribution in [3.05, 3.63) is 23.8 Å². The fraction of sp³-hybridized carbons (Fsp3) is 0.571. The van der Waals surface area contributed by atoms with E-state index in [0.717, 1.165) is 31.7 Å². The second-order valence-corrected chi connectivity index (χ2v) is 4.77. The molecule has 1 fully saturated rings. The van der Waals surface area contributed by atoms with Crippen LogP contribution in [0.1, 0.15) is 24.8 Å². The Kier molecular flexibility index (Phi) is 3.18. The summed E-state index contributed by atoms with van der Waals surface area (Å²) >= 11 is 0. The quantitative estimate of drug-likeness (QED) is 0.870. The van der Waals surface area contributed by atoms with E-state index < -0.39 is 0 Å². The molecule has 3 rings (SSSR count). The number of hydrogen-bond donors (Lipinski definition) is 1. The first-order valence-electron chi connectivity index (χ1n) is 6.53. The Bertz CT molecular complexity index is 386. The van der Waals surface area contributed by atoms with Crippen LogP contribution < -0.4 is 10.1 Å². The highest BCUT2D eigenvalue weighted by atomic mass is 16.5. The molecule has 2 aliphatic rings. The van der Waals surface area contributed by atoms with Gasteiger partial charge in [0.1, 0.15) is 12.4 Å². The third-order valence-electron chi connectivity index (χ3n) is 3.51. The Hall–Kier alpha value is -1.22. The van der Waals surface area contributed by atoms with E-state index in [-0.39, 0.29) is 6.10 Å². The molecule has 1 aromatic carbocycles. The molecule has 0 aliphatic carbocycles. The van der Waals surface area contributed by atoms with Crippen LogP contribution >= 0.6 is 0 Å². The van der Waals surface area contributed by atoms with Crippen LogP contribution in [0.25, 0.3) is 0 Å². The number of rotatable bonds is 3. The second kappa shape index (κ2) is 4.96. The summed E-state index contributed by atoms with van der Waals surface area (Å²) in [6, 6.07) is 6.28. The molecule has 17 heavy (non-hydrogen) atoms. The van der Waals surface area contributed by atoms with Crippen LogP contribution in [-0.2, 0) is 11.2 Å². The van der Waals surface area contributed by atoms with Gasteiger partial charge in [0.05, 0.1) is 11.8 Å². The zero-order valence-corrected chi connectivity index (χ0v) is 10.1. The molecule has 92 valence electrons. The monoisotopic (exact) mass is 233 g/mol. The summed E-state index contributed by atoms with van der Waals surface area (Å²) in [4.78, 5) is 0. The van der Waals surface area contributed by atoms with E-state index in [0.29, 0.717) is 6.61 Å². The van der Waals surface area contributed by atoms with E-state index in [9.17, 15) is 0 Å². The highest BCUT2D eigenvalue weighted by molar-refractivity contribution is 5.65. The van der Waals surface area contributed by atoms with E-state index in [4.69, 9.17) is 9.47 Å². The van der Waals surface area contributed by atoms with Gasteiger partial charge in [-0.1, -0.05) is 12.1 Å². The van der Waals surface area contributed by atoms with Crippen molar-refractivity contribution in [3.63, 3.8) is 0 Å². The van der Waals surface area contributed by atoms with E-state index in [1.165, 1.54) is 24.1 Å². The van der Waals surface area contributed by atoms with Crippen LogP contribution in [-0.4, -0.2) is 25.9 Å². The Morgan fingerprint density at radius 2 is 2.35 bits per heavy atom. The maximum atomic E-state index is 5.90. The molecule has 2 aliphatic heterocycles. The van der Waals surface area contributed by atoms with Gasteiger partial charge in [0, 0.05) is 13.2 Å². The fourth-order valence-electron chi connectivity index (χ4n) is 2.55. The molecule has 1 unspecified atom stereocenters. The topological polar surface area (TPSA) is 30.5 Å². The number of anilines is 1. The number of benzene rings is 1. The molecule has 1 N–H and O–H groups in total. The number of nitrogens with one attached hydrogen (secondary N) is 1. The van der Waals surface area contributed by atoms with Gasteiger partial charge in [-0.2, -0.15) is 0 Å². The van der Waals surface area contributed by atoms with Crippen LogP contribution in [0.15, 0.2) is 18.2 Å². The van der Waals surface area contributed by atoms with Gasteiger partial charge in [-0.3, -0.25) is 0 Å². The molecule has 1 aromatic rings. The van der Waals surface area contributed by atoms with Crippen molar-refractivity contribution >= 4 is 5.69 Å². The Labute approximate surface area is 102 Å². The van der Waals surface area contributed by atoms with Crippen LogP contribution in [0.3, 0.4) is 0 Å². The van der Waals surface area contributed by atoms with Crippen molar-refractivity contribution in [1.29, 1.82) is 0 Å². The molecule has 0 radical (unpaired) electrons. The number of para-hydroxylation sites is 1. The van der Waals surface area contributed by atoms with Gasteiger partial charge in [-0.05, 0) is 37.3 Å². The van der Waals surface area contributed by atoms with E-state index >= 15 is 0 Å². The minimum absolute atomic E-state index is 0.279. The SMILES string of the molecule is c1cc2c(c(OCC3CCCCO3)c1)NCC2. The normalized spacial score (nSPS) is 22.9. The highest BCUT2D eigenvalue weighted by Gasteiger charge is 2.18. The Morgan fingerprint density at radius 1 is 1.35 bits per heavy atom. The van der Waals surface area contributed by atoms with E-state index in [2.05, 4.69) is 17.4 Å². The summed E-state index contributed by atoms with van der Waals surface area (Å²) in [7, 11) is 0. The molecule has 1 atom stereocenters. The summed E-state index contributed by atoms with van der Waals surface area (Å²) in [6.07, 6.45) is 4.97. The van der Waals surface area contributed by atoms with Gasteiger partial charge < -0.3 is 14.8 Å². The molecule has 2 heterocycles. The van der Waals surface area contributed by atoms with Crippen molar-refractivity contribution < 1.29 is 9.47 Å². The smallest absolute Gasteiger partial charge is 0.142 e. The number of hydrogen-bond acceptors (Lipinski definition) is 3. The zero-order valence-electron chi connectivity index (χ0n) is 10.1. The minimum atomic E-state index is 0.279. The third-order valence-corrected chi connectivity index (χ3v) is 3.51. The lowest BCUT2D eigenvalue weighted by atomic mass is 10.1. The first kappa shape index (κ1) is 10.9. The van der Waals surface area contributed by atoms with Gasteiger partial charge in [-0.25, -0.2) is 0 Å². The molecule has 0 spiro atoms. The van der Waals surface area contributed by atoms with Gasteiger partial charge in [-0.15, -0.1) is 0 Å². The molecule has 0 bridgehead atoms. The molecular weight excluding hydrogens is 214 g/mol. The molecular formula is C14H19NO2. The van der Waals surface area contributed by atoms with Crippen LogP contribution in [0.5, 0.6) is 5.75 Å². The predicted molar refractivity (Wildman–Crippen MR) is 67.7 cm³/mol. The Morgan fingerprint density at radius 3 is 3.24 bits per heavy atom. The van der Waals surface area contributed by atoms with Crippen LogP contribution in [0.2, 0.25) is 0 Å². The summed E-state index contributed by atoms with van der Waals surface area (Å²) < 4.78 is 11.6. The van der Waals surface area contributed by atoms with Crippen molar-refractivity contribution in [2.24, 2.45) is 0 Å². The summed E-state index contributed by atoms with van der Waals surface area (Å²) in [5, 5.41) is 3.39. The lowest BCUT2D eigenvalue weighted by Gasteiger charge is -2.23. The first-order valence-corrected chi connectivity index (χ1v) is 6.53. The molecule has 1 saturated heterocycles. The predicted octanol–water partition coefficient (Wildman–Crippen LogP) is 2.60. The second-order valence-electron chi connectivity index (χ2n) is 4.77. The van der Waals surface area contributed by atoms with Gasteiger partial charge in [0.25, 0.3) is 0 Å². The zero-order chi connectivity index (χ0) is 11.5. The molecule has 0 saturated carbocycles. The van der Waals surface area contributed by atoms with Crippen LogP contribution in [0, 0.1) is 0 Å². The molecule has 0 aromatic heterocycles. The Balaban J connectivity index is 1.63. The fourth-order valence-corrected chi connectivity index (χ4v) is 2.55. The van der Waals surface area contributed by atoms with E-state index in [1.807, 2.05) is 6.07 Å². The largest absolute Gasteiger partial charge is 0.489 e. The average Bonchev–Trinajstić information content (AvgIpc) is 2.86. The van der Waals surface area contributed by atoms with Crippen molar-refractivity contribution in [3.8, 4) is 5.75 Å². The van der Waals surface area contributed by atoms with Crippen molar-refractivity contribution in [2.75, 3.05) is 25.1 Å². The van der Waals surface area contributed by atoms with Crippen LogP contribution in [0.4, 0.5) is 5.69 Å². The van der Waals surface area contributed by atoms with Gasteiger partial charge in [0.2, 0.25) is 0 Å². The molecule has 0 amide bonds. The average molecular weight is 233 g/mol. The maximum Gasteiger partial charge on any atom is 0.142 e. The number of ether oxygens (including phenoxy) is 2. The molecule has 3 heteroatoms. The standard InChI is InChI=1S/C14H19NO2/c1-2-9-16-12(5-1)10-17-13-6-3-4-11-7-8-15-14(11)13/h3-4,6,12,15H,1-2,5,7-10H2. The van der Waals surface area contributed by atoms with Crippen molar-refractivity contribution in [1.82, 2.24) is 0 Å². The number of fused-ring (bicyclic) bond motifs is 1.